The number of rotatable bonds is 6. The number of aromatic carboxylic acids is 1. The third kappa shape index (κ3) is 4.26. The quantitative estimate of drug-likeness (QED) is 0.871. The first-order valence-electron chi connectivity index (χ1n) is 6.63. The van der Waals surface area contributed by atoms with Crippen LogP contribution in [0.2, 0.25) is 0 Å². The smallest absolute Gasteiger partial charge is 0.339 e. The molecule has 0 aliphatic carbocycles. The zero-order valence-corrected chi connectivity index (χ0v) is 12.9. The molecule has 2 aromatic rings. The number of thioether (sulfide) groups is 1. The van der Waals surface area contributed by atoms with Gasteiger partial charge in [-0.15, -0.1) is 0 Å². The first-order chi connectivity index (χ1) is 10.1. The van der Waals surface area contributed by atoms with Crippen molar-refractivity contribution in [1.29, 1.82) is 0 Å². The SMILES string of the molecule is COc1ccc(CSCc2cccc(C)c2)cc1C(=O)O. The van der Waals surface area contributed by atoms with Crippen molar-refractivity contribution < 1.29 is 14.6 Å². The van der Waals surface area contributed by atoms with E-state index >= 15 is 0 Å². The highest BCUT2D eigenvalue weighted by Gasteiger charge is 2.11. The Labute approximate surface area is 129 Å². The zero-order chi connectivity index (χ0) is 15.2. The summed E-state index contributed by atoms with van der Waals surface area (Å²) >= 11 is 1.77. The van der Waals surface area contributed by atoms with E-state index in [4.69, 9.17) is 9.84 Å². The molecular formula is C17H18O3S. The van der Waals surface area contributed by atoms with E-state index in [0.29, 0.717) is 5.75 Å². The molecule has 0 unspecified atom stereocenters. The largest absolute Gasteiger partial charge is 0.496 e. The van der Waals surface area contributed by atoms with Gasteiger partial charge in [0.2, 0.25) is 0 Å². The third-order valence-corrected chi connectivity index (χ3v) is 4.19. The summed E-state index contributed by atoms with van der Waals surface area (Å²) in [6.45, 7) is 2.08. The standard InChI is InChI=1S/C17H18O3S/c1-12-4-3-5-13(8-12)10-21-11-14-6-7-16(20-2)15(9-14)17(18)19/h3-9H,10-11H2,1-2H3,(H,18,19). The fourth-order valence-electron chi connectivity index (χ4n) is 2.10. The zero-order valence-electron chi connectivity index (χ0n) is 12.1. The maximum absolute atomic E-state index is 11.2. The van der Waals surface area contributed by atoms with E-state index in [1.54, 1.807) is 23.9 Å². The monoisotopic (exact) mass is 302 g/mol. The molecule has 0 heterocycles. The van der Waals surface area contributed by atoms with Crippen LogP contribution >= 0.6 is 11.8 Å². The van der Waals surface area contributed by atoms with Crippen molar-refractivity contribution in [2.75, 3.05) is 7.11 Å². The van der Waals surface area contributed by atoms with Crippen molar-refractivity contribution in [3.63, 3.8) is 0 Å². The van der Waals surface area contributed by atoms with Gasteiger partial charge in [-0.3, -0.25) is 0 Å². The number of carbonyl (C=O) groups is 1. The van der Waals surface area contributed by atoms with Crippen molar-refractivity contribution in [2.45, 2.75) is 18.4 Å². The lowest BCUT2D eigenvalue weighted by Crippen LogP contribution is -2.01. The summed E-state index contributed by atoms with van der Waals surface area (Å²) in [6.07, 6.45) is 0. The molecule has 0 aliphatic rings. The highest BCUT2D eigenvalue weighted by atomic mass is 32.2. The van der Waals surface area contributed by atoms with Gasteiger partial charge < -0.3 is 9.84 Å². The van der Waals surface area contributed by atoms with Crippen molar-refractivity contribution in [1.82, 2.24) is 0 Å². The Bertz CT molecular complexity index is 638. The van der Waals surface area contributed by atoms with Crippen LogP contribution < -0.4 is 4.74 Å². The molecule has 0 saturated heterocycles. The van der Waals surface area contributed by atoms with E-state index in [1.807, 2.05) is 6.07 Å². The summed E-state index contributed by atoms with van der Waals surface area (Å²) in [5, 5.41) is 9.17. The Kier molecular flexibility index (Phi) is 5.28. The summed E-state index contributed by atoms with van der Waals surface area (Å²) in [7, 11) is 1.48. The maximum Gasteiger partial charge on any atom is 0.339 e. The second-order valence-corrected chi connectivity index (χ2v) is 5.81. The Morgan fingerprint density at radius 2 is 1.86 bits per heavy atom. The van der Waals surface area contributed by atoms with Gasteiger partial charge in [-0.1, -0.05) is 35.9 Å². The topological polar surface area (TPSA) is 46.5 Å². The summed E-state index contributed by atoms with van der Waals surface area (Å²) in [6, 6.07) is 13.7. The van der Waals surface area contributed by atoms with Crippen LogP contribution in [0.5, 0.6) is 5.75 Å². The predicted octanol–water partition coefficient (Wildman–Crippen LogP) is 4.14. The lowest BCUT2D eigenvalue weighted by molar-refractivity contribution is 0.0693. The van der Waals surface area contributed by atoms with E-state index in [0.717, 1.165) is 17.1 Å². The van der Waals surface area contributed by atoms with Gasteiger partial charge in [-0.25, -0.2) is 4.79 Å². The second kappa shape index (κ2) is 7.18. The first kappa shape index (κ1) is 15.4. The normalized spacial score (nSPS) is 10.4. The van der Waals surface area contributed by atoms with Crippen molar-refractivity contribution in [3.8, 4) is 5.75 Å². The minimum Gasteiger partial charge on any atom is -0.496 e. The fourth-order valence-corrected chi connectivity index (χ4v) is 3.03. The molecule has 0 aromatic heterocycles. The molecule has 2 aromatic carbocycles. The molecule has 0 saturated carbocycles. The minimum atomic E-state index is -0.961. The molecule has 1 N–H and O–H groups in total. The summed E-state index contributed by atoms with van der Waals surface area (Å²) in [5.41, 5.74) is 3.75. The van der Waals surface area contributed by atoms with Gasteiger partial charge in [-0.05, 0) is 30.2 Å². The van der Waals surface area contributed by atoms with E-state index in [9.17, 15) is 4.79 Å². The van der Waals surface area contributed by atoms with Crippen molar-refractivity contribution in [3.05, 3.63) is 64.7 Å². The fraction of sp³-hybridized carbons (Fsp3) is 0.235. The van der Waals surface area contributed by atoms with Crippen LogP contribution in [0, 0.1) is 6.92 Å². The van der Waals surface area contributed by atoms with Crippen molar-refractivity contribution >= 4 is 17.7 Å². The molecule has 0 atom stereocenters. The number of benzene rings is 2. The van der Waals surface area contributed by atoms with Crippen LogP contribution in [-0.2, 0) is 11.5 Å². The number of methoxy groups -OCH3 is 1. The minimum absolute atomic E-state index is 0.214. The van der Waals surface area contributed by atoms with Gasteiger partial charge in [-0.2, -0.15) is 11.8 Å². The third-order valence-electron chi connectivity index (χ3n) is 3.11. The molecule has 0 amide bonds. The molecular weight excluding hydrogens is 284 g/mol. The van der Waals surface area contributed by atoms with Gasteiger partial charge >= 0.3 is 5.97 Å². The van der Waals surface area contributed by atoms with Crippen LogP contribution in [0.1, 0.15) is 27.0 Å². The van der Waals surface area contributed by atoms with Crippen LogP contribution in [0.3, 0.4) is 0 Å². The van der Waals surface area contributed by atoms with Gasteiger partial charge in [0.25, 0.3) is 0 Å². The molecule has 0 spiro atoms. The van der Waals surface area contributed by atoms with E-state index < -0.39 is 5.97 Å². The number of ether oxygens (including phenoxy) is 1. The molecule has 4 heteroatoms. The molecule has 3 nitrogen and oxygen atoms in total. The Balaban J connectivity index is 2.00. The van der Waals surface area contributed by atoms with Gasteiger partial charge in [0, 0.05) is 11.5 Å². The Morgan fingerprint density at radius 1 is 1.14 bits per heavy atom. The van der Waals surface area contributed by atoms with Gasteiger partial charge in [0.15, 0.2) is 0 Å². The summed E-state index contributed by atoms with van der Waals surface area (Å²) in [4.78, 5) is 11.2. The Hall–Kier alpha value is -1.94. The van der Waals surface area contributed by atoms with E-state index in [2.05, 4.69) is 31.2 Å². The highest BCUT2D eigenvalue weighted by Crippen LogP contribution is 2.24. The number of hydrogen-bond donors (Lipinski definition) is 1. The highest BCUT2D eigenvalue weighted by molar-refractivity contribution is 7.97. The predicted molar refractivity (Wildman–Crippen MR) is 86.1 cm³/mol. The average Bonchev–Trinajstić information content (AvgIpc) is 2.47. The average molecular weight is 302 g/mol. The molecule has 110 valence electrons. The second-order valence-electron chi connectivity index (χ2n) is 4.82. The number of aryl methyl sites for hydroxylation is 1. The summed E-state index contributed by atoms with van der Waals surface area (Å²) in [5.74, 6) is 1.13. The lowest BCUT2D eigenvalue weighted by Gasteiger charge is -2.08. The van der Waals surface area contributed by atoms with Crippen LogP contribution in [0.15, 0.2) is 42.5 Å². The van der Waals surface area contributed by atoms with E-state index in [-0.39, 0.29) is 5.56 Å². The van der Waals surface area contributed by atoms with Gasteiger partial charge in [0.1, 0.15) is 11.3 Å². The van der Waals surface area contributed by atoms with Crippen LogP contribution in [0.25, 0.3) is 0 Å². The van der Waals surface area contributed by atoms with Crippen LogP contribution in [-0.4, -0.2) is 18.2 Å². The molecule has 2 rings (SSSR count). The Morgan fingerprint density at radius 3 is 2.48 bits per heavy atom. The summed E-state index contributed by atoms with van der Waals surface area (Å²) < 4.78 is 5.06. The molecule has 0 fully saturated rings. The number of carboxylic acids is 1. The molecule has 0 bridgehead atoms. The number of hydrogen-bond acceptors (Lipinski definition) is 3. The van der Waals surface area contributed by atoms with E-state index in [1.165, 1.54) is 18.2 Å². The molecule has 0 radical (unpaired) electrons. The molecule has 0 aliphatic heterocycles. The number of carboxylic acid groups (broad SMARTS) is 1. The van der Waals surface area contributed by atoms with Crippen molar-refractivity contribution in [2.24, 2.45) is 0 Å². The van der Waals surface area contributed by atoms with Crippen LogP contribution in [0.4, 0.5) is 0 Å². The van der Waals surface area contributed by atoms with Gasteiger partial charge in [0.05, 0.1) is 7.11 Å². The molecule has 21 heavy (non-hydrogen) atoms. The lowest BCUT2D eigenvalue weighted by atomic mass is 10.1. The first-order valence-corrected chi connectivity index (χ1v) is 7.79. The maximum atomic E-state index is 11.2.